The minimum atomic E-state index is -1.28. The van der Waals surface area contributed by atoms with Gasteiger partial charge >= 0.3 is 12.1 Å². The summed E-state index contributed by atoms with van der Waals surface area (Å²) in [6.45, 7) is 1.32. The Kier molecular flexibility index (Phi) is 7.43. The number of hydrogen-bond acceptors (Lipinski definition) is 5. The molecule has 0 saturated carbocycles. The van der Waals surface area contributed by atoms with E-state index in [-0.39, 0.29) is 37.9 Å². The van der Waals surface area contributed by atoms with Gasteiger partial charge in [0.05, 0.1) is 6.67 Å². The van der Waals surface area contributed by atoms with Gasteiger partial charge in [-0.3, -0.25) is 9.59 Å². The molecule has 2 aromatic carbocycles. The molecule has 4 N–H and O–H groups in total. The number of rotatable bonds is 9. The number of nitrogens with one attached hydrogen (secondary N) is 3. The van der Waals surface area contributed by atoms with Crippen LogP contribution in [0.3, 0.4) is 0 Å². The van der Waals surface area contributed by atoms with Crippen molar-refractivity contribution in [3.05, 3.63) is 59.7 Å². The predicted octanol–water partition coefficient (Wildman–Crippen LogP) is 1.97. The van der Waals surface area contributed by atoms with Crippen LogP contribution < -0.4 is 16.0 Å². The van der Waals surface area contributed by atoms with Gasteiger partial charge < -0.3 is 25.8 Å². The Morgan fingerprint density at radius 3 is 2.12 bits per heavy atom. The second-order valence-corrected chi connectivity index (χ2v) is 7.41. The lowest BCUT2D eigenvalue weighted by atomic mass is 9.98. The molecule has 0 fully saturated rings. The van der Waals surface area contributed by atoms with Crippen LogP contribution >= 0.6 is 0 Å². The van der Waals surface area contributed by atoms with Crippen molar-refractivity contribution in [3.8, 4) is 11.1 Å². The van der Waals surface area contributed by atoms with Crippen molar-refractivity contribution in [1.29, 1.82) is 0 Å². The number of carboxylic acids is 1. The number of benzene rings is 2. The Morgan fingerprint density at radius 2 is 1.56 bits per heavy atom. The van der Waals surface area contributed by atoms with Crippen molar-refractivity contribution in [2.24, 2.45) is 0 Å². The molecule has 1 atom stereocenters. The molecule has 0 saturated heterocycles. The number of hydrogen-bond donors (Lipinski definition) is 4. The van der Waals surface area contributed by atoms with Crippen LogP contribution in [0.15, 0.2) is 48.5 Å². The van der Waals surface area contributed by atoms with Gasteiger partial charge in [-0.05, 0) is 28.7 Å². The topological polar surface area (TPSA) is 134 Å². The molecule has 2 aromatic rings. The highest BCUT2D eigenvalue weighted by Gasteiger charge is 2.29. The molecule has 168 valence electrons. The van der Waals surface area contributed by atoms with Crippen LogP contribution in [0, 0.1) is 0 Å². The number of fused-ring (bicyclic) bond motifs is 3. The molecule has 3 amide bonds. The molecule has 0 unspecified atom stereocenters. The van der Waals surface area contributed by atoms with Crippen molar-refractivity contribution >= 4 is 23.9 Å². The van der Waals surface area contributed by atoms with E-state index in [1.54, 1.807) is 0 Å². The van der Waals surface area contributed by atoms with Gasteiger partial charge in [-0.15, -0.1) is 0 Å². The predicted molar refractivity (Wildman–Crippen MR) is 116 cm³/mol. The number of alkyl carbamates (subject to hydrolysis) is 1. The zero-order valence-electron chi connectivity index (χ0n) is 17.6. The first-order chi connectivity index (χ1) is 15.4. The third-order valence-corrected chi connectivity index (χ3v) is 5.22. The summed E-state index contributed by atoms with van der Waals surface area (Å²) in [5.74, 6) is -2.16. The maximum Gasteiger partial charge on any atom is 0.407 e. The fourth-order valence-electron chi connectivity index (χ4n) is 3.67. The second-order valence-electron chi connectivity index (χ2n) is 7.41. The number of aliphatic carboxylic acids is 1. The normalized spacial score (nSPS) is 12.8. The highest BCUT2D eigenvalue weighted by molar-refractivity contribution is 5.82. The number of carbonyl (C=O) groups excluding carboxylic acids is 3. The molecule has 0 aliphatic heterocycles. The quantitative estimate of drug-likeness (QED) is 0.442. The Labute approximate surface area is 185 Å². The van der Waals surface area contributed by atoms with Crippen molar-refractivity contribution in [1.82, 2.24) is 16.0 Å². The fraction of sp³-hybridized carbons (Fsp3) is 0.304. The van der Waals surface area contributed by atoms with Crippen LogP contribution in [0.1, 0.15) is 36.8 Å². The zero-order chi connectivity index (χ0) is 23.1. The van der Waals surface area contributed by atoms with E-state index in [2.05, 4.69) is 16.0 Å². The summed E-state index contributed by atoms with van der Waals surface area (Å²) in [6.07, 6.45) is -1.12. The molecule has 0 heterocycles. The van der Waals surface area contributed by atoms with E-state index < -0.39 is 24.0 Å². The summed E-state index contributed by atoms with van der Waals surface area (Å²) in [5, 5.41) is 16.5. The fourth-order valence-corrected chi connectivity index (χ4v) is 3.67. The standard InChI is InChI=1S/C23H25N3O6/c1-14(27)24-13-25-21(28)11-10-20(22(29)30)26-23(31)32-12-19-17-8-4-2-6-15(17)16-7-3-5-9-18(16)19/h2-9,19-20H,10-13H2,1H3,(H,24,27)(H,25,28)(H,26,31)(H,29,30)/t20-/m0/s1. The molecule has 32 heavy (non-hydrogen) atoms. The van der Waals surface area contributed by atoms with E-state index in [1.807, 2.05) is 48.5 Å². The first-order valence-electron chi connectivity index (χ1n) is 10.2. The van der Waals surface area contributed by atoms with E-state index in [0.717, 1.165) is 22.3 Å². The highest BCUT2D eigenvalue weighted by Crippen LogP contribution is 2.44. The summed E-state index contributed by atoms with van der Waals surface area (Å²) in [5.41, 5.74) is 4.27. The van der Waals surface area contributed by atoms with Crippen molar-refractivity contribution in [2.75, 3.05) is 13.3 Å². The summed E-state index contributed by atoms with van der Waals surface area (Å²) >= 11 is 0. The van der Waals surface area contributed by atoms with Crippen LogP contribution in [0.2, 0.25) is 0 Å². The number of amides is 3. The van der Waals surface area contributed by atoms with Gasteiger partial charge in [0.2, 0.25) is 11.8 Å². The van der Waals surface area contributed by atoms with Gasteiger partial charge in [0.15, 0.2) is 0 Å². The van der Waals surface area contributed by atoms with Gasteiger partial charge in [0.25, 0.3) is 0 Å². The van der Waals surface area contributed by atoms with E-state index in [0.29, 0.717) is 0 Å². The number of ether oxygens (including phenoxy) is 1. The summed E-state index contributed by atoms with van der Waals surface area (Å²) in [7, 11) is 0. The van der Waals surface area contributed by atoms with Crippen molar-refractivity contribution < 1.29 is 29.0 Å². The Bertz CT molecular complexity index is 977. The van der Waals surface area contributed by atoms with Crippen LogP contribution in [-0.2, 0) is 19.1 Å². The van der Waals surface area contributed by atoms with Gasteiger partial charge in [-0.25, -0.2) is 9.59 Å². The van der Waals surface area contributed by atoms with Crippen LogP contribution in [-0.4, -0.2) is 48.3 Å². The third kappa shape index (κ3) is 5.63. The maximum absolute atomic E-state index is 12.3. The number of carbonyl (C=O) groups is 4. The lowest BCUT2D eigenvalue weighted by Gasteiger charge is -2.17. The SMILES string of the molecule is CC(=O)NCNC(=O)CC[C@H](NC(=O)OCC1c2ccccc2-c2ccccc21)C(=O)O. The summed E-state index contributed by atoms with van der Waals surface area (Å²) in [4.78, 5) is 46.3. The average molecular weight is 439 g/mol. The monoisotopic (exact) mass is 439 g/mol. The smallest absolute Gasteiger partial charge is 0.407 e. The van der Waals surface area contributed by atoms with Gasteiger partial charge in [0.1, 0.15) is 12.6 Å². The number of carboxylic acid groups (broad SMARTS) is 1. The zero-order valence-corrected chi connectivity index (χ0v) is 17.6. The van der Waals surface area contributed by atoms with Crippen molar-refractivity contribution in [2.45, 2.75) is 31.7 Å². The van der Waals surface area contributed by atoms with Gasteiger partial charge in [-0.2, -0.15) is 0 Å². The van der Waals surface area contributed by atoms with Gasteiger partial charge in [-0.1, -0.05) is 48.5 Å². The minimum Gasteiger partial charge on any atom is -0.480 e. The van der Waals surface area contributed by atoms with E-state index in [1.165, 1.54) is 6.92 Å². The molecule has 1 aliphatic rings. The molecule has 0 spiro atoms. The molecule has 0 aromatic heterocycles. The molecule has 0 radical (unpaired) electrons. The Balaban J connectivity index is 1.53. The molecule has 9 heteroatoms. The highest BCUT2D eigenvalue weighted by atomic mass is 16.5. The molecular weight excluding hydrogens is 414 g/mol. The Hall–Kier alpha value is -3.88. The lowest BCUT2D eigenvalue weighted by molar-refractivity contribution is -0.139. The Morgan fingerprint density at radius 1 is 0.969 bits per heavy atom. The third-order valence-electron chi connectivity index (χ3n) is 5.22. The summed E-state index contributed by atoms with van der Waals surface area (Å²) < 4.78 is 5.36. The van der Waals surface area contributed by atoms with E-state index in [9.17, 15) is 24.3 Å². The van der Waals surface area contributed by atoms with Gasteiger partial charge in [0, 0.05) is 19.3 Å². The molecular formula is C23H25N3O6. The van der Waals surface area contributed by atoms with Crippen LogP contribution in [0.4, 0.5) is 4.79 Å². The molecule has 0 bridgehead atoms. The maximum atomic E-state index is 12.3. The van der Waals surface area contributed by atoms with E-state index in [4.69, 9.17) is 4.74 Å². The van der Waals surface area contributed by atoms with Crippen LogP contribution in [0.5, 0.6) is 0 Å². The molecule has 1 aliphatic carbocycles. The largest absolute Gasteiger partial charge is 0.480 e. The lowest BCUT2D eigenvalue weighted by Crippen LogP contribution is -2.43. The minimum absolute atomic E-state index is 0.0499. The first kappa shape index (κ1) is 22.8. The average Bonchev–Trinajstić information content (AvgIpc) is 3.08. The van der Waals surface area contributed by atoms with E-state index >= 15 is 0 Å². The second kappa shape index (κ2) is 10.4. The summed E-state index contributed by atoms with van der Waals surface area (Å²) in [6, 6.07) is 14.5. The molecule has 9 nitrogen and oxygen atoms in total. The van der Waals surface area contributed by atoms with Crippen LogP contribution in [0.25, 0.3) is 11.1 Å². The first-order valence-corrected chi connectivity index (χ1v) is 10.2. The van der Waals surface area contributed by atoms with Crippen molar-refractivity contribution in [3.63, 3.8) is 0 Å². The molecule has 3 rings (SSSR count).